The van der Waals surface area contributed by atoms with Crippen LogP contribution in [-0.2, 0) is 22.5 Å². The first-order valence-electron chi connectivity index (χ1n) is 15.1. The summed E-state index contributed by atoms with van der Waals surface area (Å²) in [6.07, 6.45) is 15.8. The molecule has 2 aromatic rings. The largest absolute Gasteiger partial charge is 0.491 e. The first kappa shape index (κ1) is 31.9. The molecule has 0 aliphatic heterocycles. The quantitative estimate of drug-likeness (QED) is 0.0932. The number of rotatable bonds is 21. The number of carbonyl (C=O) groups excluding carboxylic acids is 1. The second kappa shape index (κ2) is 18.8. The predicted octanol–water partition coefficient (Wildman–Crippen LogP) is 8.52. The van der Waals surface area contributed by atoms with Gasteiger partial charge in [-0.25, -0.2) is 0 Å². The van der Waals surface area contributed by atoms with Gasteiger partial charge in [0.15, 0.2) is 0 Å². The van der Waals surface area contributed by atoms with Crippen LogP contribution in [0.4, 0.5) is 0 Å². The lowest BCUT2D eigenvalue weighted by Crippen LogP contribution is -2.40. The van der Waals surface area contributed by atoms with Crippen LogP contribution in [0.15, 0.2) is 54.6 Å². The fourth-order valence-corrected chi connectivity index (χ4v) is 4.84. The molecule has 4 heteroatoms. The molecule has 1 unspecified atom stereocenters. The van der Waals surface area contributed by atoms with Gasteiger partial charge >= 0.3 is 5.97 Å². The maximum atomic E-state index is 12.3. The molecular weight excluding hydrogens is 470 g/mol. The summed E-state index contributed by atoms with van der Waals surface area (Å²) in [4.78, 5) is 12.3. The van der Waals surface area contributed by atoms with Crippen molar-refractivity contribution in [2.45, 2.75) is 110 Å². The van der Waals surface area contributed by atoms with E-state index < -0.39 is 0 Å². The molecule has 0 heterocycles. The molecule has 0 saturated carbocycles. The SMILES string of the molecule is CCCCCCCCCCCCc1cccc(OC(C)CCOC(=O)CC[N+](C)(C)Cc2ccccc2)c1. The average Bonchev–Trinajstić information content (AvgIpc) is 2.89. The first-order valence-corrected chi connectivity index (χ1v) is 15.1. The Bertz CT molecular complexity index is 880. The minimum Gasteiger partial charge on any atom is -0.491 e. The van der Waals surface area contributed by atoms with Crippen molar-refractivity contribution in [3.05, 3.63) is 65.7 Å². The van der Waals surface area contributed by atoms with Gasteiger partial charge < -0.3 is 14.0 Å². The summed E-state index contributed by atoms with van der Waals surface area (Å²) in [6.45, 7) is 6.37. The van der Waals surface area contributed by atoms with E-state index in [2.05, 4.69) is 63.5 Å². The molecule has 0 N–H and O–H groups in total. The Balaban J connectivity index is 1.56. The minimum atomic E-state index is -0.130. The van der Waals surface area contributed by atoms with E-state index in [9.17, 15) is 4.79 Å². The predicted molar refractivity (Wildman–Crippen MR) is 159 cm³/mol. The molecule has 4 nitrogen and oxygen atoms in total. The summed E-state index contributed by atoms with van der Waals surface area (Å²) in [5.41, 5.74) is 2.63. The van der Waals surface area contributed by atoms with Crippen LogP contribution in [0, 0.1) is 0 Å². The highest BCUT2D eigenvalue weighted by molar-refractivity contribution is 5.69. The van der Waals surface area contributed by atoms with Gasteiger partial charge in [-0.2, -0.15) is 0 Å². The van der Waals surface area contributed by atoms with Crippen molar-refractivity contribution in [2.24, 2.45) is 0 Å². The number of esters is 1. The third kappa shape index (κ3) is 15.2. The number of hydrogen-bond acceptors (Lipinski definition) is 3. The van der Waals surface area contributed by atoms with Gasteiger partial charge in [-0.1, -0.05) is 107 Å². The monoisotopic (exact) mass is 524 g/mol. The zero-order valence-electron chi connectivity index (χ0n) is 24.8. The Morgan fingerprint density at radius 1 is 0.816 bits per heavy atom. The van der Waals surface area contributed by atoms with E-state index in [0.29, 0.717) is 19.4 Å². The maximum Gasteiger partial charge on any atom is 0.311 e. The Morgan fingerprint density at radius 2 is 1.45 bits per heavy atom. The van der Waals surface area contributed by atoms with E-state index in [1.54, 1.807) is 0 Å². The molecule has 2 aromatic carbocycles. The molecule has 0 amide bonds. The lowest BCUT2D eigenvalue weighted by Gasteiger charge is -2.29. The van der Waals surface area contributed by atoms with E-state index in [-0.39, 0.29) is 12.1 Å². The van der Waals surface area contributed by atoms with Gasteiger partial charge in [-0.05, 0) is 37.5 Å². The maximum absolute atomic E-state index is 12.3. The standard InChI is InChI=1S/C34H54NO3/c1-5-6-7-8-9-10-11-12-13-15-19-31-22-18-23-33(28-31)38-30(2)25-27-37-34(36)24-26-35(3,4)29-32-20-16-14-17-21-32/h14,16-18,20-23,28,30H,5-13,15,19,24-27,29H2,1-4H3/q+1. The fourth-order valence-electron chi connectivity index (χ4n) is 4.84. The lowest BCUT2D eigenvalue weighted by atomic mass is 10.0. The zero-order valence-corrected chi connectivity index (χ0v) is 24.8. The Morgan fingerprint density at radius 3 is 2.13 bits per heavy atom. The molecule has 0 fully saturated rings. The van der Waals surface area contributed by atoms with Gasteiger partial charge in [0.05, 0.1) is 39.8 Å². The van der Waals surface area contributed by atoms with E-state index in [1.807, 2.05) is 19.1 Å². The van der Waals surface area contributed by atoms with Crippen LogP contribution in [0.3, 0.4) is 0 Å². The number of carbonyl (C=O) groups is 1. The Hall–Kier alpha value is -2.33. The van der Waals surface area contributed by atoms with Crippen LogP contribution in [0.25, 0.3) is 0 Å². The molecule has 0 aliphatic carbocycles. The van der Waals surface area contributed by atoms with Crippen LogP contribution >= 0.6 is 0 Å². The van der Waals surface area contributed by atoms with Crippen LogP contribution < -0.4 is 4.74 Å². The second-order valence-electron chi connectivity index (χ2n) is 11.6. The summed E-state index contributed by atoms with van der Waals surface area (Å²) in [7, 11) is 4.31. The van der Waals surface area contributed by atoms with Crippen LogP contribution in [0.5, 0.6) is 5.75 Å². The topological polar surface area (TPSA) is 35.5 Å². The van der Waals surface area contributed by atoms with E-state index >= 15 is 0 Å². The molecule has 212 valence electrons. The molecular formula is C34H54NO3+. The lowest BCUT2D eigenvalue weighted by molar-refractivity contribution is -0.903. The summed E-state index contributed by atoms with van der Waals surface area (Å²) in [6, 6.07) is 18.9. The molecule has 38 heavy (non-hydrogen) atoms. The number of unbranched alkanes of at least 4 members (excludes halogenated alkanes) is 9. The highest BCUT2D eigenvalue weighted by atomic mass is 16.5. The van der Waals surface area contributed by atoms with Crippen LogP contribution in [0.1, 0.15) is 102 Å². The van der Waals surface area contributed by atoms with E-state index in [4.69, 9.17) is 9.47 Å². The number of nitrogens with zero attached hydrogens (tertiary/aromatic N) is 1. The van der Waals surface area contributed by atoms with E-state index in [0.717, 1.165) is 29.7 Å². The van der Waals surface area contributed by atoms with Crippen molar-refractivity contribution < 1.29 is 18.8 Å². The van der Waals surface area contributed by atoms with Crippen molar-refractivity contribution in [1.82, 2.24) is 0 Å². The molecule has 0 aromatic heterocycles. The van der Waals surface area contributed by atoms with Gasteiger partial charge in [-0.15, -0.1) is 0 Å². The molecule has 1 atom stereocenters. The molecule has 0 bridgehead atoms. The fraction of sp³-hybridized carbons (Fsp3) is 0.618. The Labute approximate surface area is 233 Å². The third-order valence-corrected chi connectivity index (χ3v) is 7.22. The number of ether oxygens (including phenoxy) is 2. The number of aryl methyl sites for hydroxylation is 1. The summed E-state index contributed by atoms with van der Waals surface area (Å²) < 4.78 is 12.4. The molecule has 2 rings (SSSR count). The summed E-state index contributed by atoms with van der Waals surface area (Å²) >= 11 is 0. The van der Waals surface area contributed by atoms with Gasteiger partial charge in [0.25, 0.3) is 0 Å². The van der Waals surface area contributed by atoms with E-state index in [1.165, 1.54) is 75.3 Å². The molecule has 0 spiro atoms. The molecule has 0 radical (unpaired) electrons. The van der Waals surface area contributed by atoms with Crippen molar-refractivity contribution in [1.29, 1.82) is 0 Å². The highest BCUT2D eigenvalue weighted by Gasteiger charge is 2.18. The van der Waals surface area contributed by atoms with Crippen LogP contribution in [-0.4, -0.2) is 43.8 Å². The highest BCUT2D eigenvalue weighted by Crippen LogP contribution is 2.19. The first-order chi connectivity index (χ1) is 18.4. The van der Waals surface area contributed by atoms with Crippen LogP contribution in [0.2, 0.25) is 0 Å². The van der Waals surface area contributed by atoms with Crippen molar-refractivity contribution in [3.8, 4) is 5.75 Å². The zero-order chi connectivity index (χ0) is 27.5. The average molecular weight is 525 g/mol. The Kier molecular flexibility index (Phi) is 15.8. The van der Waals surface area contributed by atoms with Gasteiger partial charge in [0.2, 0.25) is 0 Å². The summed E-state index contributed by atoms with van der Waals surface area (Å²) in [5.74, 6) is 0.781. The smallest absolute Gasteiger partial charge is 0.311 e. The number of hydrogen-bond donors (Lipinski definition) is 0. The summed E-state index contributed by atoms with van der Waals surface area (Å²) in [5, 5.41) is 0. The second-order valence-corrected chi connectivity index (χ2v) is 11.6. The molecule has 0 saturated heterocycles. The third-order valence-electron chi connectivity index (χ3n) is 7.22. The molecule has 0 aliphatic rings. The minimum absolute atomic E-state index is 0.000629. The normalized spacial score (nSPS) is 12.3. The van der Waals surface area contributed by atoms with Crippen molar-refractivity contribution in [2.75, 3.05) is 27.2 Å². The van der Waals surface area contributed by atoms with Crippen molar-refractivity contribution >= 4 is 5.97 Å². The number of benzene rings is 2. The van der Waals surface area contributed by atoms with Gasteiger partial charge in [-0.3, -0.25) is 4.79 Å². The van der Waals surface area contributed by atoms with Crippen molar-refractivity contribution in [3.63, 3.8) is 0 Å². The number of quaternary nitrogens is 1. The van der Waals surface area contributed by atoms with Gasteiger partial charge in [0, 0.05) is 12.0 Å². The van der Waals surface area contributed by atoms with Gasteiger partial charge in [0.1, 0.15) is 12.3 Å².